The van der Waals surface area contributed by atoms with Crippen LogP contribution in [-0.4, -0.2) is 25.3 Å². The van der Waals surface area contributed by atoms with Crippen molar-refractivity contribution in [1.82, 2.24) is 0 Å². The van der Waals surface area contributed by atoms with Crippen LogP contribution in [0.3, 0.4) is 0 Å². The molecular formula is C13H17FO4. The first-order chi connectivity index (χ1) is 8.31. The summed E-state index contributed by atoms with van der Waals surface area (Å²) in [5, 5.41) is 0. The van der Waals surface area contributed by atoms with E-state index in [-0.39, 0.29) is 12.4 Å². The standard InChI is InChI=1S/C13H17FO4/c1-13(2,3)18-12(15)8-17-10-6-5-9(14)7-11(10)16-4/h5-7H,8H2,1-4H3. The van der Waals surface area contributed by atoms with Gasteiger partial charge in [0.2, 0.25) is 0 Å². The van der Waals surface area contributed by atoms with E-state index < -0.39 is 17.4 Å². The molecule has 0 spiro atoms. The van der Waals surface area contributed by atoms with Crippen molar-refractivity contribution < 1.29 is 23.4 Å². The van der Waals surface area contributed by atoms with Crippen LogP contribution in [0.15, 0.2) is 18.2 Å². The molecule has 0 bridgehead atoms. The number of hydrogen-bond donors (Lipinski definition) is 0. The molecule has 18 heavy (non-hydrogen) atoms. The molecule has 0 atom stereocenters. The fraction of sp³-hybridized carbons (Fsp3) is 0.462. The van der Waals surface area contributed by atoms with Crippen molar-refractivity contribution in [2.45, 2.75) is 26.4 Å². The average molecular weight is 256 g/mol. The fourth-order valence-corrected chi connectivity index (χ4v) is 1.27. The summed E-state index contributed by atoms with van der Waals surface area (Å²) in [6, 6.07) is 3.82. The van der Waals surface area contributed by atoms with Gasteiger partial charge in [0.15, 0.2) is 18.1 Å². The maximum atomic E-state index is 12.9. The van der Waals surface area contributed by atoms with Crippen LogP contribution in [-0.2, 0) is 9.53 Å². The van der Waals surface area contributed by atoms with Crippen molar-refractivity contribution in [3.05, 3.63) is 24.0 Å². The van der Waals surface area contributed by atoms with E-state index >= 15 is 0 Å². The molecule has 0 aliphatic heterocycles. The third-order valence-electron chi connectivity index (χ3n) is 1.89. The number of esters is 1. The minimum atomic E-state index is -0.562. The fourth-order valence-electron chi connectivity index (χ4n) is 1.27. The van der Waals surface area contributed by atoms with Crippen LogP contribution in [0.5, 0.6) is 11.5 Å². The van der Waals surface area contributed by atoms with E-state index in [1.807, 2.05) is 0 Å². The zero-order chi connectivity index (χ0) is 13.8. The quantitative estimate of drug-likeness (QED) is 0.777. The molecule has 5 heteroatoms. The molecule has 0 aliphatic rings. The van der Waals surface area contributed by atoms with E-state index in [1.165, 1.54) is 25.3 Å². The molecule has 100 valence electrons. The number of ether oxygens (including phenoxy) is 3. The van der Waals surface area contributed by atoms with E-state index in [9.17, 15) is 9.18 Å². The molecule has 0 N–H and O–H groups in total. The highest BCUT2D eigenvalue weighted by Crippen LogP contribution is 2.27. The lowest BCUT2D eigenvalue weighted by molar-refractivity contribution is -0.157. The van der Waals surface area contributed by atoms with Crippen LogP contribution >= 0.6 is 0 Å². The Kier molecular flexibility index (Phi) is 4.53. The second-order valence-electron chi connectivity index (χ2n) is 4.67. The Morgan fingerprint density at radius 2 is 1.94 bits per heavy atom. The SMILES string of the molecule is COc1cc(F)ccc1OCC(=O)OC(C)(C)C. The van der Waals surface area contributed by atoms with Crippen LogP contribution in [0.2, 0.25) is 0 Å². The molecule has 0 saturated heterocycles. The topological polar surface area (TPSA) is 44.8 Å². The Balaban J connectivity index is 2.61. The molecule has 0 amide bonds. The molecule has 0 aromatic heterocycles. The largest absolute Gasteiger partial charge is 0.493 e. The highest BCUT2D eigenvalue weighted by atomic mass is 19.1. The van der Waals surface area contributed by atoms with Crippen LogP contribution < -0.4 is 9.47 Å². The summed E-state index contributed by atoms with van der Waals surface area (Å²) in [7, 11) is 1.40. The molecule has 0 saturated carbocycles. The van der Waals surface area contributed by atoms with E-state index in [2.05, 4.69) is 0 Å². The first-order valence-electron chi connectivity index (χ1n) is 5.50. The van der Waals surface area contributed by atoms with Gasteiger partial charge in [-0.3, -0.25) is 0 Å². The summed E-state index contributed by atoms with van der Waals surface area (Å²) in [5.41, 5.74) is -0.562. The lowest BCUT2D eigenvalue weighted by Crippen LogP contribution is -2.27. The van der Waals surface area contributed by atoms with Crippen molar-refractivity contribution in [3.8, 4) is 11.5 Å². The number of methoxy groups -OCH3 is 1. The van der Waals surface area contributed by atoms with Gasteiger partial charge in [-0.05, 0) is 32.9 Å². The van der Waals surface area contributed by atoms with Crippen molar-refractivity contribution in [1.29, 1.82) is 0 Å². The van der Waals surface area contributed by atoms with Gasteiger partial charge in [-0.1, -0.05) is 0 Å². The van der Waals surface area contributed by atoms with E-state index in [4.69, 9.17) is 14.2 Å². The molecule has 1 rings (SSSR count). The van der Waals surface area contributed by atoms with Gasteiger partial charge in [-0.2, -0.15) is 0 Å². The van der Waals surface area contributed by atoms with Gasteiger partial charge in [0.1, 0.15) is 11.4 Å². The number of carbonyl (C=O) groups excluding carboxylic acids is 1. The predicted octanol–water partition coefficient (Wildman–Crippen LogP) is 2.55. The summed E-state index contributed by atoms with van der Waals surface area (Å²) in [6.45, 7) is 5.05. The van der Waals surface area contributed by atoms with E-state index in [1.54, 1.807) is 20.8 Å². The van der Waals surface area contributed by atoms with E-state index in [0.29, 0.717) is 5.75 Å². The minimum Gasteiger partial charge on any atom is -0.493 e. The summed E-state index contributed by atoms with van der Waals surface area (Å²) in [6.07, 6.45) is 0. The first-order valence-corrected chi connectivity index (χ1v) is 5.50. The maximum absolute atomic E-state index is 12.9. The summed E-state index contributed by atoms with van der Waals surface area (Å²) in [5.74, 6) is -0.395. The van der Waals surface area contributed by atoms with Crippen molar-refractivity contribution in [2.24, 2.45) is 0 Å². The van der Waals surface area contributed by atoms with Crippen molar-refractivity contribution in [2.75, 3.05) is 13.7 Å². The predicted molar refractivity (Wildman–Crippen MR) is 64.3 cm³/mol. The first kappa shape index (κ1) is 14.3. The second kappa shape index (κ2) is 5.71. The smallest absolute Gasteiger partial charge is 0.344 e. The molecular weight excluding hydrogens is 239 g/mol. The Morgan fingerprint density at radius 1 is 1.28 bits per heavy atom. The van der Waals surface area contributed by atoms with Gasteiger partial charge in [0.05, 0.1) is 7.11 Å². The normalized spacial score (nSPS) is 10.9. The third kappa shape index (κ3) is 4.61. The Morgan fingerprint density at radius 3 is 2.50 bits per heavy atom. The van der Waals surface area contributed by atoms with Gasteiger partial charge in [0, 0.05) is 6.07 Å². The van der Waals surface area contributed by atoms with Gasteiger partial charge < -0.3 is 14.2 Å². The Bertz CT molecular complexity index is 423. The molecule has 1 aromatic rings. The summed E-state index contributed by atoms with van der Waals surface area (Å²) < 4.78 is 28.2. The average Bonchev–Trinajstić information content (AvgIpc) is 2.24. The summed E-state index contributed by atoms with van der Waals surface area (Å²) in [4.78, 5) is 11.4. The van der Waals surface area contributed by atoms with Gasteiger partial charge in [0.25, 0.3) is 0 Å². The van der Waals surface area contributed by atoms with E-state index in [0.717, 1.165) is 0 Å². The van der Waals surface area contributed by atoms with Gasteiger partial charge in [-0.15, -0.1) is 0 Å². The molecule has 0 unspecified atom stereocenters. The molecule has 1 aromatic carbocycles. The van der Waals surface area contributed by atoms with Gasteiger partial charge in [-0.25, -0.2) is 9.18 Å². The third-order valence-corrected chi connectivity index (χ3v) is 1.89. The Labute approximate surface area is 106 Å². The molecule has 0 heterocycles. The van der Waals surface area contributed by atoms with Gasteiger partial charge >= 0.3 is 5.97 Å². The van der Waals surface area contributed by atoms with Crippen LogP contribution in [0, 0.1) is 5.82 Å². The zero-order valence-corrected chi connectivity index (χ0v) is 11.0. The Hall–Kier alpha value is -1.78. The van der Waals surface area contributed by atoms with Crippen molar-refractivity contribution >= 4 is 5.97 Å². The van der Waals surface area contributed by atoms with Crippen LogP contribution in [0.4, 0.5) is 4.39 Å². The lowest BCUT2D eigenvalue weighted by atomic mass is 10.2. The highest BCUT2D eigenvalue weighted by Gasteiger charge is 2.17. The maximum Gasteiger partial charge on any atom is 0.344 e. The second-order valence-corrected chi connectivity index (χ2v) is 4.67. The molecule has 0 aliphatic carbocycles. The molecule has 0 radical (unpaired) electrons. The monoisotopic (exact) mass is 256 g/mol. The minimum absolute atomic E-state index is 0.235. The molecule has 0 fully saturated rings. The number of halogens is 1. The number of benzene rings is 1. The number of carbonyl (C=O) groups is 1. The van der Waals surface area contributed by atoms with Crippen LogP contribution in [0.25, 0.3) is 0 Å². The zero-order valence-electron chi connectivity index (χ0n) is 11.0. The van der Waals surface area contributed by atoms with Crippen LogP contribution in [0.1, 0.15) is 20.8 Å². The molecule has 4 nitrogen and oxygen atoms in total. The lowest BCUT2D eigenvalue weighted by Gasteiger charge is -2.19. The number of rotatable bonds is 4. The highest BCUT2D eigenvalue weighted by molar-refractivity contribution is 5.71. The summed E-state index contributed by atoms with van der Waals surface area (Å²) >= 11 is 0. The van der Waals surface area contributed by atoms with Crippen molar-refractivity contribution in [3.63, 3.8) is 0 Å². The number of hydrogen-bond acceptors (Lipinski definition) is 4.